The summed E-state index contributed by atoms with van der Waals surface area (Å²) in [6.07, 6.45) is 2.19. The Morgan fingerprint density at radius 1 is 1.36 bits per heavy atom. The van der Waals surface area contributed by atoms with Gasteiger partial charge in [-0.2, -0.15) is 0 Å². The molecule has 1 unspecified atom stereocenters. The molecule has 0 bridgehead atoms. The first-order valence-electron chi connectivity index (χ1n) is 7.24. The predicted octanol–water partition coefficient (Wildman–Crippen LogP) is 2.80. The summed E-state index contributed by atoms with van der Waals surface area (Å²) >= 11 is 1.60. The van der Waals surface area contributed by atoms with Crippen molar-refractivity contribution in [3.8, 4) is 0 Å². The Morgan fingerprint density at radius 2 is 2.05 bits per heavy atom. The van der Waals surface area contributed by atoms with Crippen LogP contribution in [0.1, 0.15) is 26.7 Å². The SMILES string of the molecule is CCCCSC(C)C(=O)Nc1cccc(S(=O)(=O)N(C)C)c1. The molecule has 1 N–H and O–H groups in total. The summed E-state index contributed by atoms with van der Waals surface area (Å²) in [5, 5.41) is 2.61. The molecule has 0 aromatic heterocycles. The quantitative estimate of drug-likeness (QED) is 0.737. The fourth-order valence-electron chi connectivity index (χ4n) is 1.67. The molecule has 0 aliphatic rings. The predicted molar refractivity (Wildman–Crippen MR) is 92.8 cm³/mol. The fourth-order valence-corrected chi connectivity index (χ4v) is 3.64. The van der Waals surface area contributed by atoms with Crippen molar-refractivity contribution in [2.24, 2.45) is 0 Å². The van der Waals surface area contributed by atoms with E-state index in [1.54, 1.807) is 23.9 Å². The number of hydrogen-bond acceptors (Lipinski definition) is 4. The summed E-state index contributed by atoms with van der Waals surface area (Å²) in [6, 6.07) is 6.32. The van der Waals surface area contributed by atoms with E-state index in [1.807, 2.05) is 6.92 Å². The topological polar surface area (TPSA) is 66.5 Å². The second-order valence-electron chi connectivity index (χ2n) is 5.17. The Kier molecular flexibility index (Phi) is 7.38. The van der Waals surface area contributed by atoms with Crippen molar-refractivity contribution in [2.75, 3.05) is 25.2 Å². The Labute approximate surface area is 137 Å². The number of sulfonamides is 1. The summed E-state index contributed by atoms with van der Waals surface area (Å²) in [5.41, 5.74) is 0.496. The Hall–Kier alpha value is -1.05. The number of benzene rings is 1. The number of nitrogens with zero attached hydrogens (tertiary/aromatic N) is 1. The van der Waals surface area contributed by atoms with E-state index in [4.69, 9.17) is 0 Å². The molecule has 0 aliphatic heterocycles. The minimum atomic E-state index is -3.50. The van der Waals surface area contributed by atoms with E-state index in [0.29, 0.717) is 5.69 Å². The Morgan fingerprint density at radius 3 is 2.64 bits per heavy atom. The highest BCUT2D eigenvalue weighted by Crippen LogP contribution is 2.20. The molecule has 1 atom stereocenters. The van der Waals surface area contributed by atoms with Gasteiger partial charge in [0.25, 0.3) is 0 Å². The lowest BCUT2D eigenvalue weighted by atomic mass is 10.3. The van der Waals surface area contributed by atoms with Gasteiger partial charge in [0.1, 0.15) is 0 Å². The van der Waals surface area contributed by atoms with Crippen LogP contribution in [0.4, 0.5) is 5.69 Å². The lowest BCUT2D eigenvalue weighted by Crippen LogP contribution is -2.24. The van der Waals surface area contributed by atoms with Crippen molar-refractivity contribution in [3.63, 3.8) is 0 Å². The standard InChI is InChI=1S/C15H24N2O3S2/c1-5-6-10-21-12(2)15(18)16-13-8-7-9-14(11-13)22(19,20)17(3)4/h7-9,11-12H,5-6,10H2,1-4H3,(H,16,18). The monoisotopic (exact) mass is 344 g/mol. The molecule has 1 aromatic rings. The molecule has 1 aromatic carbocycles. The van der Waals surface area contributed by atoms with Crippen LogP contribution in [0.3, 0.4) is 0 Å². The van der Waals surface area contributed by atoms with Gasteiger partial charge in [0.2, 0.25) is 15.9 Å². The summed E-state index contributed by atoms with van der Waals surface area (Å²) < 4.78 is 25.3. The fraction of sp³-hybridized carbons (Fsp3) is 0.533. The smallest absolute Gasteiger partial charge is 0.242 e. The van der Waals surface area contributed by atoms with Gasteiger partial charge < -0.3 is 5.32 Å². The molecule has 124 valence electrons. The first-order valence-corrected chi connectivity index (χ1v) is 9.73. The molecule has 0 saturated carbocycles. The number of unbranched alkanes of at least 4 members (excludes halogenated alkanes) is 1. The summed E-state index contributed by atoms with van der Waals surface area (Å²) in [5.74, 6) is 0.834. The summed E-state index contributed by atoms with van der Waals surface area (Å²) in [4.78, 5) is 12.3. The molecular formula is C15H24N2O3S2. The van der Waals surface area contributed by atoms with E-state index in [0.717, 1.165) is 22.9 Å². The number of anilines is 1. The average molecular weight is 345 g/mol. The minimum absolute atomic E-state index is 0.111. The molecule has 0 fully saturated rings. The number of thioether (sulfide) groups is 1. The Balaban J connectivity index is 2.77. The van der Waals surface area contributed by atoms with E-state index in [2.05, 4.69) is 12.2 Å². The lowest BCUT2D eigenvalue weighted by molar-refractivity contribution is -0.115. The molecule has 0 saturated heterocycles. The number of amides is 1. The molecule has 1 rings (SSSR count). The highest BCUT2D eigenvalue weighted by atomic mass is 32.2. The van der Waals surface area contributed by atoms with Crippen LogP contribution >= 0.6 is 11.8 Å². The highest BCUT2D eigenvalue weighted by Gasteiger charge is 2.18. The maximum atomic E-state index is 12.1. The van der Waals surface area contributed by atoms with Gasteiger partial charge >= 0.3 is 0 Å². The van der Waals surface area contributed by atoms with Crippen LogP contribution in [0.2, 0.25) is 0 Å². The zero-order chi connectivity index (χ0) is 16.8. The second-order valence-corrected chi connectivity index (χ2v) is 8.77. The van der Waals surface area contributed by atoms with Gasteiger partial charge in [-0.3, -0.25) is 4.79 Å². The molecule has 22 heavy (non-hydrogen) atoms. The minimum Gasteiger partial charge on any atom is -0.325 e. The zero-order valence-electron chi connectivity index (χ0n) is 13.5. The first-order chi connectivity index (χ1) is 10.3. The number of hydrogen-bond donors (Lipinski definition) is 1. The number of carbonyl (C=O) groups is 1. The van der Waals surface area contributed by atoms with Crippen molar-refractivity contribution in [2.45, 2.75) is 36.8 Å². The molecule has 0 heterocycles. The van der Waals surface area contributed by atoms with Gasteiger partial charge in [-0.15, -0.1) is 11.8 Å². The summed E-state index contributed by atoms with van der Waals surface area (Å²) in [7, 11) is -0.538. The molecule has 5 nitrogen and oxygen atoms in total. The maximum absolute atomic E-state index is 12.1. The van der Waals surface area contributed by atoms with Crippen molar-refractivity contribution in [1.29, 1.82) is 0 Å². The van der Waals surface area contributed by atoms with Crippen molar-refractivity contribution < 1.29 is 13.2 Å². The van der Waals surface area contributed by atoms with Gasteiger partial charge in [-0.1, -0.05) is 19.4 Å². The zero-order valence-corrected chi connectivity index (χ0v) is 15.1. The normalized spacial score (nSPS) is 13.1. The van der Waals surface area contributed by atoms with Crippen LogP contribution < -0.4 is 5.32 Å². The van der Waals surface area contributed by atoms with Gasteiger partial charge in [0.15, 0.2) is 0 Å². The van der Waals surface area contributed by atoms with Crippen molar-refractivity contribution >= 4 is 33.4 Å². The van der Waals surface area contributed by atoms with E-state index >= 15 is 0 Å². The second kappa shape index (κ2) is 8.55. The third kappa shape index (κ3) is 5.30. The lowest BCUT2D eigenvalue weighted by Gasteiger charge is -2.14. The van der Waals surface area contributed by atoms with Crippen LogP contribution in [-0.4, -0.2) is 43.7 Å². The number of carbonyl (C=O) groups excluding carboxylic acids is 1. The average Bonchev–Trinajstić information content (AvgIpc) is 2.47. The van der Waals surface area contributed by atoms with Gasteiger partial charge in [-0.05, 0) is 37.3 Å². The van der Waals surface area contributed by atoms with E-state index in [1.165, 1.54) is 26.2 Å². The van der Waals surface area contributed by atoms with Crippen molar-refractivity contribution in [1.82, 2.24) is 4.31 Å². The van der Waals surface area contributed by atoms with Crippen LogP contribution in [0, 0.1) is 0 Å². The van der Waals surface area contributed by atoms with Gasteiger partial charge in [-0.25, -0.2) is 12.7 Å². The first kappa shape index (κ1) is 19.0. The van der Waals surface area contributed by atoms with E-state index in [-0.39, 0.29) is 16.1 Å². The number of rotatable bonds is 8. The number of nitrogens with one attached hydrogen (secondary N) is 1. The van der Waals surface area contributed by atoms with E-state index < -0.39 is 10.0 Å². The molecule has 1 amide bonds. The van der Waals surface area contributed by atoms with Crippen molar-refractivity contribution in [3.05, 3.63) is 24.3 Å². The molecule has 7 heteroatoms. The van der Waals surface area contributed by atoms with Crippen LogP contribution in [-0.2, 0) is 14.8 Å². The Bertz CT molecular complexity index is 601. The van der Waals surface area contributed by atoms with Crippen LogP contribution in [0.5, 0.6) is 0 Å². The maximum Gasteiger partial charge on any atom is 0.242 e. The third-order valence-corrected chi connectivity index (χ3v) is 6.16. The summed E-state index contributed by atoms with van der Waals surface area (Å²) in [6.45, 7) is 3.97. The molecule has 0 aliphatic carbocycles. The highest BCUT2D eigenvalue weighted by molar-refractivity contribution is 8.00. The van der Waals surface area contributed by atoms with Gasteiger partial charge in [0, 0.05) is 19.8 Å². The molecule has 0 radical (unpaired) electrons. The van der Waals surface area contributed by atoms with Gasteiger partial charge in [0.05, 0.1) is 10.1 Å². The van der Waals surface area contributed by atoms with E-state index in [9.17, 15) is 13.2 Å². The third-order valence-electron chi connectivity index (χ3n) is 3.12. The van der Waals surface area contributed by atoms with Crippen LogP contribution in [0.25, 0.3) is 0 Å². The largest absolute Gasteiger partial charge is 0.325 e. The molecule has 0 spiro atoms. The molecular weight excluding hydrogens is 320 g/mol. The van der Waals surface area contributed by atoms with Crippen LogP contribution in [0.15, 0.2) is 29.2 Å².